The molecule has 0 atom stereocenters. The Labute approximate surface area is 144 Å². The Bertz CT molecular complexity index is 556. The van der Waals surface area contributed by atoms with Crippen molar-refractivity contribution in [3.8, 4) is 0 Å². The van der Waals surface area contributed by atoms with Gasteiger partial charge in [-0.2, -0.15) is 5.10 Å². The van der Waals surface area contributed by atoms with Crippen LogP contribution in [0.4, 0.5) is 5.82 Å². The fraction of sp³-hybridized carbons (Fsp3) is 0.647. The molecule has 1 saturated heterocycles. The average molecular weight is 338 g/mol. The third kappa shape index (κ3) is 4.43. The molecule has 0 N–H and O–H groups in total. The highest BCUT2D eigenvalue weighted by Gasteiger charge is 2.19. The smallest absolute Gasteiger partial charge is 0.182 e. The normalized spacial score (nSPS) is 17.7. The molecule has 0 bridgehead atoms. The summed E-state index contributed by atoms with van der Waals surface area (Å²) in [5.74, 6) is 0.648. The molecular formula is C17H28ClN5. The lowest BCUT2D eigenvalue weighted by Gasteiger charge is -2.32. The van der Waals surface area contributed by atoms with E-state index >= 15 is 0 Å². The molecule has 0 spiro atoms. The van der Waals surface area contributed by atoms with Gasteiger partial charge in [0.25, 0.3) is 0 Å². The van der Waals surface area contributed by atoms with Crippen molar-refractivity contribution >= 4 is 29.2 Å². The Hall–Kier alpha value is -1.17. The minimum absolute atomic E-state index is 0.648. The molecule has 23 heavy (non-hydrogen) atoms. The van der Waals surface area contributed by atoms with E-state index in [0.29, 0.717) is 5.82 Å². The van der Waals surface area contributed by atoms with Gasteiger partial charge in [0.2, 0.25) is 0 Å². The number of aliphatic imine (C=N–C) groups is 1. The highest BCUT2D eigenvalue weighted by atomic mass is 35.5. The van der Waals surface area contributed by atoms with Crippen LogP contribution in [0, 0.1) is 0 Å². The molecule has 0 radical (unpaired) electrons. The van der Waals surface area contributed by atoms with Crippen molar-refractivity contribution in [2.45, 2.75) is 33.2 Å². The van der Waals surface area contributed by atoms with Gasteiger partial charge in [-0.15, -0.1) is 0 Å². The quantitative estimate of drug-likeness (QED) is 0.718. The predicted molar refractivity (Wildman–Crippen MR) is 98.9 cm³/mol. The highest BCUT2D eigenvalue weighted by Crippen LogP contribution is 2.32. The van der Waals surface area contributed by atoms with Crippen LogP contribution < -0.4 is 0 Å². The molecule has 1 aliphatic heterocycles. The summed E-state index contributed by atoms with van der Waals surface area (Å²) in [6, 6.07) is 0. The van der Waals surface area contributed by atoms with Crippen LogP contribution in [-0.2, 0) is 13.0 Å². The minimum Gasteiger partial charge on any atom is -0.304 e. The number of nitrogens with zero attached hydrogens (tertiary/aromatic N) is 5. The summed E-state index contributed by atoms with van der Waals surface area (Å²) >= 11 is 6.46. The minimum atomic E-state index is 0.648. The van der Waals surface area contributed by atoms with Crippen LogP contribution in [0.1, 0.15) is 31.5 Å². The van der Waals surface area contributed by atoms with E-state index < -0.39 is 0 Å². The fourth-order valence-electron chi connectivity index (χ4n) is 2.97. The molecule has 1 aromatic rings. The van der Waals surface area contributed by atoms with E-state index in [2.05, 4.69) is 52.2 Å². The number of allylic oxidation sites excluding steroid dienone is 1. The van der Waals surface area contributed by atoms with Gasteiger partial charge in [0.05, 0.1) is 12.1 Å². The van der Waals surface area contributed by atoms with Gasteiger partial charge in [0.15, 0.2) is 5.82 Å². The lowest BCUT2D eigenvalue weighted by molar-refractivity contribution is 0.148. The summed E-state index contributed by atoms with van der Waals surface area (Å²) in [5, 5.41) is 5.36. The lowest BCUT2D eigenvalue weighted by Crippen LogP contribution is -2.45. The molecule has 1 fully saturated rings. The maximum absolute atomic E-state index is 6.46. The maximum atomic E-state index is 6.46. The van der Waals surface area contributed by atoms with Crippen LogP contribution in [-0.4, -0.2) is 66.1 Å². The maximum Gasteiger partial charge on any atom is 0.182 e. The number of rotatable bonds is 7. The number of aromatic nitrogens is 2. The van der Waals surface area contributed by atoms with E-state index in [9.17, 15) is 0 Å². The highest BCUT2D eigenvalue weighted by molar-refractivity contribution is 6.49. The molecular weight excluding hydrogens is 310 g/mol. The zero-order valence-electron chi connectivity index (χ0n) is 14.6. The molecule has 2 rings (SSSR count). The zero-order valence-corrected chi connectivity index (χ0v) is 15.3. The lowest BCUT2D eigenvalue weighted by atomic mass is 10.1. The Morgan fingerprint density at radius 2 is 1.96 bits per heavy atom. The Morgan fingerprint density at radius 3 is 2.52 bits per heavy atom. The van der Waals surface area contributed by atoms with Crippen LogP contribution in [0.15, 0.2) is 11.1 Å². The molecule has 6 heteroatoms. The van der Waals surface area contributed by atoms with Gasteiger partial charge in [0, 0.05) is 43.4 Å². The summed E-state index contributed by atoms with van der Waals surface area (Å²) in [7, 11) is 2.18. The Kier molecular flexibility index (Phi) is 6.81. The van der Waals surface area contributed by atoms with Crippen LogP contribution >= 0.6 is 11.6 Å². The van der Waals surface area contributed by atoms with Crippen LogP contribution in [0.2, 0.25) is 0 Å². The number of hydrogen-bond donors (Lipinski definition) is 0. The van der Waals surface area contributed by atoms with Crippen LogP contribution in [0.25, 0.3) is 5.03 Å². The van der Waals surface area contributed by atoms with E-state index in [1.807, 2.05) is 6.08 Å². The second-order valence-electron chi connectivity index (χ2n) is 5.99. The number of piperazine rings is 1. The molecule has 0 aliphatic carbocycles. The summed E-state index contributed by atoms with van der Waals surface area (Å²) in [4.78, 5) is 8.94. The Balaban J connectivity index is 2.15. The van der Waals surface area contributed by atoms with Gasteiger partial charge in [-0.1, -0.05) is 31.5 Å². The Morgan fingerprint density at radius 1 is 1.26 bits per heavy atom. The number of halogens is 1. The molecule has 0 saturated carbocycles. The van der Waals surface area contributed by atoms with E-state index in [1.54, 1.807) is 0 Å². The first kappa shape index (κ1) is 18.2. The average Bonchev–Trinajstić information content (AvgIpc) is 2.92. The SMILES string of the molecule is C=Nc1nn(CCN2CCN(C)CC2)c(CC)c1C(Cl)=CCC. The monoisotopic (exact) mass is 337 g/mol. The molecule has 1 aromatic heterocycles. The molecule has 0 aromatic carbocycles. The standard InChI is InChI=1S/C17H28ClN5/c1-5-7-14(18)16-15(6-2)23(20-17(16)19-3)13-12-22-10-8-21(4)9-11-22/h7H,3,5-6,8-13H2,1-2,4H3. The van der Waals surface area contributed by atoms with Gasteiger partial charge < -0.3 is 4.90 Å². The fourth-order valence-corrected chi connectivity index (χ4v) is 3.32. The van der Waals surface area contributed by atoms with Crippen molar-refractivity contribution in [2.75, 3.05) is 39.8 Å². The topological polar surface area (TPSA) is 36.7 Å². The third-order valence-corrected chi connectivity index (χ3v) is 4.71. The van der Waals surface area contributed by atoms with Gasteiger partial charge in [-0.3, -0.25) is 9.58 Å². The van der Waals surface area contributed by atoms with Crippen molar-refractivity contribution in [3.63, 3.8) is 0 Å². The number of likely N-dealkylation sites (N-methyl/N-ethyl adjacent to an activating group) is 1. The largest absolute Gasteiger partial charge is 0.304 e. The first-order chi connectivity index (χ1) is 11.1. The van der Waals surface area contributed by atoms with Crippen molar-refractivity contribution in [1.82, 2.24) is 19.6 Å². The van der Waals surface area contributed by atoms with Crippen molar-refractivity contribution in [3.05, 3.63) is 17.3 Å². The summed E-state index contributed by atoms with van der Waals surface area (Å²) in [5.41, 5.74) is 2.10. The van der Waals surface area contributed by atoms with Gasteiger partial charge in [-0.25, -0.2) is 4.99 Å². The summed E-state index contributed by atoms with van der Waals surface area (Å²) in [6.45, 7) is 14.2. The van der Waals surface area contributed by atoms with E-state index in [-0.39, 0.29) is 0 Å². The second kappa shape index (κ2) is 8.62. The molecule has 2 heterocycles. The van der Waals surface area contributed by atoms with Crippen molar-refractivity contribution < 1.29 is 0 Å². The zero-order chi connectivity index (χ0) is 16.8. The summed E-state index contributed by atoms with van der Waals surface area (Å²) < 4.78 is 2.06. The predicted octanol–water partition coefficient (Wildman–Crippen LogP) is 3.01. The first-order valence-electron chi connectivity index (χ1n) is 8.44. The van der Waals surface area contributed by atoms with Crippen LogP contribution in [0.3, 0.4) is 0 Å². The van der Waals surface area contributed by atoms with E-state index in [0.717, 1.165) is 68.4 Å². The number of hydrogen-bond acceptors (Lipinski definition) is 4. The van der Waals surface area contributed by atoms with Crippen molar-refractivity contribution in [1.29, 1.82) is 0 Å². The molecule has 128 valence electrons. The van der Waals surface area contributed by atoms with Crippen molar-refractivity contribution in [2.24, 2.45) is 4.99 Å². The van der Waals surface area contributed by atoms with E-state index in [4.69, 9.17) is 11.6 Å². The van der Waals surface area contributed by atoms with Gasteiger partial charge in [-0.05, 0) is 26.6 Å². The first-order valence-corrected chi connectivity index (χ1v) is 8.81. The van der Waals surface area contributed by atoms with Gasteiger partial charge in [0.1, 0.15) is 0 Å². The summed E-state index contributed by atoms with van der Waals surface area (Å²) in [6.07, 6.45) is 3.79. The third-order valence-electron chi connectivity index (χ3n) is 4.37. The molecule has 1 aliphatic rings. The van der Waals surface area contributed by atoms with Crippen LogP contribution in [0.5, 0.6) is 0 Å². The van der Waals surface area contributed by atoms with E-state index in [1.165, 1.54) is 0 Å². The molecule has 0 unspecified atom stereocenters. The second-order valence-corrected chi connectivity index (χ2v) is 6.39. The molecule has 0 amide bonds. The van der Waals surface area contributed by atoms with Gasteiger partial charge >= 0.3 is 0 Å². The molecule has 5 nitrogen and oxygen atoms in total.